The summed E-state index contributed by atoms with van der Waals surface area (Å²) in [6, 6.07) is 18.0. The highest BCUT2D eigenvalue weighted by Gasteiger charge is 2.41. The van der Waals surface area contributed by atoms with Crippen LogP contribution in [0, 0.1) is 0 Å². The summed E-state index contributed by atoms with van der Waals surface area (Å²) in [7, 11) is 0. The van der Waals surface area contributed by atoms with Crippen LogP contribution in [-0.4, -0.2) is 39.4 Å². The van der Waals surface area contributed by atoms with Crippen molar-refractivity contribution in [1.82, 2.24) is 14.6 Å². The van der Waals surface area contributed by atoms with E-state index in [0.717, 1.165) is 31.3 Å². The average Bonchev–Trinajstić information content (AvgIpc) is 3.18. The lowest BCUT2D eigenvalue weighted by molar-refractivity contribution is -0.198. The fourth-order valence-corrected chi connectivity index (χ4v) is 4.43. The van der Waals surface area contributed by atoms with Gasteiger partial charge in [0.15, 0.2) is 0 Å². The number of piperidine rings is 1. The van der Waals surface area contributed by atoms with Gasteiger partial charge in [0.25, 0.3) is 5.56 Å². The SMILES string of the molecule is O=c1c2ccccc2ncn1C[C@@H]1C[C@H]2[C@@H](OCc3ccccc3)CCCN2O1. The Labute approximate surface area is 169 Å². The van der Waals surface area contributed by atoms with Gasteiger partial charge in [-0.2, -0.15) is 5.06 Å². The van der Waals surface area contributed by atoms with Gasteiger partial charge in [0, 0.05) is 6.54 Å². The molecule has 0 amide bonds. The van der Waals surface area contributed by atoms with Gasteiger partial charge >= 0.3 is 0 Å². The Morgan fingerprint density at radius 1 is 1.10 bits per heavy atom. The number of nitrogens with zero attached hydrogens (tertiary/aromatic N) is 3. The smallest absolute Gasteiger partial charge is 0.261 e. The highest BCUT2D eigenvalue weighted by molar-refractivity contribution is 5.76. The van der Waals surface area contributed by atoms with Crippen LogP contribution in [0.4, 0.5) is 0 Å². The van der Waals surface area contributed by atoms with Crippen molar-refractivity contribution >= 4 is 10.9 Å². The number of rotatable bonds is 5. The molecule has 1 aromatic heterocycles. The van der Waals surface area contributed by atoms with Crippen LogP contribution >= 0.6 is 0 Å². The Hall–Kier alpha value is -2.54. The maximum Gasteiger partial charge on any atom is 0.261 e. The van der Waals surface area contributed by atoms with Gasteiger partial charge in [-0.1, -0.05) is 42.5 Å². The third-order valence-electron chi connectivity index (χ3n) is 5.89. The second-order valence-electron chi connectivity index (χ2n) is 7.87. The Morgan fingerprint density at radius 2 is 1.93 bits per heavy atom. The first kappa shape index (κ1) is 18.5. The molecular weight excluding hydrogens is 366 g/mol. The zero-order chi connectivity index (χ0) is 19.6. The molecular formula is C23H25N3O3. The molecule has 0 bridgehead atoms. The summed E-state index contributed by atoms with van der Waals surface area (Å²) in [6.07, 6.45) is 4.71. The maximum absolute atomic E-state index is 12.8. The molecule has 0 spiro atoms. The molecule has 5 rings (SSSR count). The fraction of sp³-hybridized carbons (Fsp3) is 0.391. The first-order chi connectivity index (χ1) is 14.3. The molecule has 2 aliphatic heterocycles. The largest absolute Gasteiger partial charge is 0.372 e. The van der Waals surface area contributed by atoms with Crippen molar-refractivity contribution in [2.45, 2.75) is 50.7 Å². The number of benzene rings is 2. The van der Waals surface area contributed by atoms with Gasteiger partial charge < -0.3 is 4.74 Å². The monoisotopic (exact) mass is 391 g/mol. The van der Waals surface area contributed by atoms with Crippen molar-refractivity contribution in [3.05, 3.63) is 76.8 Å². The second kappa shape index (κ2) is 8.06. The Kier molecular flexibility index (Phi) is 5.14. The average molecular weight is 391 g/mol. The van der Waals surface area contributed by atoms with E-state index in [9.17, 15) is 4.79 Å². The normalized spacial score (nSPS) is 24.6. The zero-order valence-corrected chi connectivity index (χ0v) is 16.3. The summed E-state index contributed by atoms with van der Waals surface area (Å²) >= 11 is 0. The highest BCUT2D eigenvalue weighted by Crippen LogP contribution is 2.32. The molecule has 29 heavy (non-hydrogen) atoms. The molecule has 0 saturated carbocycles. The van der Waals surface area contributed by atoms with Crippen molar-refractivity contribution in [1.29, 1.82) is 0 Å². The van der Waals surface area contributed by atoms with E-state index < -0.39 is 0 Å². The van der Waals surface area contributed by atoms with Crippen LogP contribution in [-0.2, 0) is 22.7 Å². The van der Waals surface area contributed by atoms with E-state index >= 15 is 0 Å². The minimum atomic E-state index is -0.0402. The van der Waals surface area contributed by atoms with E-state index in [-0.39, 0.29) is 23.8 Å². The van der Waals surface area contributed by atoms with Crippen molar-refractivity contribution in [3.8, 4) is 0 Å². The van der Waals surface area contributed by atoms with Crippen LogP contribution in [0.3, 0.4) is 0 Å². The summed E-state index contributed by atoms with van der Waals surface area (Å²) in [4.78, 5) is 23.4. The number of para-hydroxylation sites is 1. The van der Waals surface area contributed by atoms with Crippen molar-refractivity contribution in [2.75, 3.05) is 6.54 Å². The summed E-state index contributed by atoms with van der Waals surface area (Å²) in [5, 5.41) is 2.72. The van der Waals surface area contributed by atoms with Gasteiger partial charge in [0.05, 0.1) is 48.6 Å². The maximum atomic E-state index is 12.8. The lowest BCUT2D eigenvalue weighted by Gasteiger charge is -2.34. The molecule has 6 heteroatoms. The van der Waals surface area contributed by atoms with Crippen LogP contribution in [0.15, 0.2) is 65.7 Å². The molecule has 0 unspecified atom stereocenters. The third kappa shape index (κ3) is 3.83. The van der Waals surface area contributed by atoms with E-state index in [1.807, 2.05) is 42.5 Å². The van der Waals surface area contributed by atoms with Gasteiger partial charge in [-0.25, -0.2) is 4.98 Å². The molecule has 3 aromatic rings. The molecule has 150 valence electrons. The molecule has 0 radical (unpaired) electrons. The van der Waals surface area contributed by atoms with Crippen molar-refractivity contribution in [2.24, 2.45) is 0 Å². The van der Waals surface area contributed by atoms with Crippen LogP contribution in [0.2, 0.25) is 0 Å². The van der Waals surface area contributed by atoms with Gasteiger partial charge in [-0.05, 0) is 37.0 Å². The van der Waals surface area contributed by atoms with E-state index in [2.05, 4.69) is 22.2 Å². The molecule has 0 N–H and O–H groups in total. The van der Waals surface area contributed by atoms with E-state index in [1.54, 1.807) is 10.9 Å². The highest BCUT2D eigenvalue weighted by atomic mass is 16.7. The van der Waals surface area contributed by atoms with E-state index in [1.165, 1.54) is 5.56 Å². The van der Waals surface area contributed by atoms with Crippen LogP contribution in [0.25, 0.3) is 10.9 Å². The number of hydroxylamine groups is 2. The standard InChI is InChI=1S/C23H25N3O3/c27-23-19-9-4-5-10-20(19)24-16-25(23)14-18-13-21-22(11-6-12-26(21)29-18)28-15-17-7-2-1-3-8-17/h1-5,7-10,16,18,21-22H,6,11-15H2/t18-,21-,22-/m0/s1. The Balaban J connectivity index is 1.27. The molecule has 0 aliphatic carbocycles. The van der Waals surface area contributed by atoms with Gasteiger partial charge in [-0.15, -0.1) is 0 Å². The molecule has 6 nitrogen and oxygen atoms in total. The first-order valence-corrected chi connectivity index (χ1v) is 10.3. The van der Waals surface area contributed by atoms with Gasteiger partial charge in [-0.3, -0.25) is 14.2 Å². The molecule has 3 heterocycles. The number of ether oxygens (including phenoxy) is 1. The van der Waals surface area contributed by atoms with Gasteiger partial charge in [0.2, 0.25) is 0 Å². The first-order valence-electron chi connectivity index (χ1n) is 10.3. The molecule has 3 atom stereocenters. The Morgan fingerprint density at radius 3 is 2.83 bits per heavy atom. The van der Waals surface area contributed by atoms with E-state index in [4.69, 9.17) is 9.57 Å². The van der Waals surface area contributed by atoms with Crippen LogP contribution in [0.5, 0.6) is 0 Å². The topological polar surface area (TPSA) is 56.6 Å². The lowest BCUT2D eigenvalue weighted by Crippen LogP contribution is -2.44. The Bertz CT molecular complexity index is 1040. The minimum absolute atomic E-state index is 0.0130. The number of aromatic nitrogens is 2. The lowest BCUT2D eigenvalue weighted by atomic mass is 9.97. The minimum Gasteiger partial charge on any atom is -0.372 e. The molecule has 2 aromatic carbocycles. The van der Waals surface area contributed by atoms with Crippen molar-refractivity contribution < 1.29 is 9.57 Å². The predicted molar refractivity (Wildman–Crippen MR) is 110 cm³/mol. The predicted octanol–water partition coefficient (Wildman–Crippen LogP) is 3.15. The summed E-state index contributed by atoms with van der Waals surface area (Å²) in [5.74, 6) is 0. The summed E-state index contributed by atoms with van der Waals surface area (Å²) < 4.78 is 7.93. The summed E-state index contributed by atoms with van der Waals surface area (Å²) in [6.45, 7) is 2.04. The quantitative estimate of drug-likeness (QED) is 0.669. The molecule has 2 saturated heterocycles. The number of fused-ring (bicyclic) bond motifs is 2. The number of hydrogen-bond donors (Lipinski definition) is 0. The van der Waals surface area contributed by atoms with Crippen molar-refractivity contribution in [3.63, 3.8) is 0 Å². The molecule has 2 fully saturated rings. The third-order valence-corrected chi connectivity index (χ3v) is 5.89. The summed E-state index contributed by atoms with van der Waals surface area (Å²) in [5.41, 5.74) is 1.91. The molecule has 2 aliphatic rings. The zero-order valence-electron chi connectivity index (χ0n) is 16.3. The van der Waals surface area contributed by atoms with Crippen LogP contribution < -0.4 is 5.56 Å². The van der Waals surface area contributed by atoms with E-state index in [0.29, 0.717) is 18.5 Å². The second-order valence-corrected chi connectivity index (χ2v) is 7.87. The number of hydrogen-bond acceptors (Lipinski definition) is 5. The van der Waals surface area contributed by atoms with Crippen LogP contribution in [0.1, 0.15) is 24.8 Å². The van der Waals surface area contributed by atoms with Gasteiger partial charge in [0.1, 0.15) is 0 Å². The fourth-order valence-electron chi connectivity index (χ4n) is 4.43.